The van der Waals surface area contributed by atoms with Crippen LogP contribution in [0.2, 0.25) is 0 Å². The molecule has 3 amide bonds. The summed E-state index contributed by atoms with van der Waals surface area (Å²) in [6, 6.07) is 10.3. The molecular formula is C19H18BrFN4O4. The first-order chi connectivity index (χ1) is 13.9. The lowest BCUT2D eigenvalue weighted by Crippen LogP contribution is -2.37. The van der Waals surface area contributed by atoms with Crippen molar-refractivity contribution < 1.29 is 23.5 Å². The van der Waals surface area contributed by atoms with Gasteiger partial charge in [-0.2, -0.15) is 5.10 Å². The molecule has 0 aliphatic rings. The van der Waals surface area contributed by atoms with Crippen LogP contribution in [0.1, 0.15) is 12.5 Å². The molecule has 0 saturated heterocycles. The first-order valence-corrected chi connectivity index (χ1v) is 9.27. The predicted molar refractivity (Wildman–Crippen MR) is 109 cm³/mol. The fourth-order valence-corrected chi connectivity index (χ4v) is 2.46. The fourth-order valence-electron chi connectivity index (χ4n) is 2.08. The lowest BCUT2D eigenvalue weighted by molar-refractivity contribution is -0.139. The van der Waals surface area contributed by atoms with Crippen molar-refractivity contribution in [3.63, 3.8) is 0 Å². The molecule has 2 aromatic rings. The number of likely N-dealkylation sites (N-methyl/N-ethyl adjacent to an activating group) is 1. The van der Waals surface area contributed by atoms with Crippen LogP contribution in [0, 0.1) is 5.82 Å². The number of hydrazone groups is 1. The van der Waals surface area contributed by atoms with Gasteiger partial charge in [0.05, 0.1) is 6.21 Å². The van der Waals surface area contributed by atoms with E-state index >= 15 is 0 Å². The Hall–Kier alpha value is -3.27. The van der Waals surface area contributed by atoms with E-state index < -0.39 is 23.5 Å². The fraction of sp³-hybridized carbons (Fsp3) is 0.158. The molecule has 0 aliphatic carbocycles. The van der Waals surface area contributed by atoms with Gasteiger partial charge in [-0.25, -0.2) is 9.82 Å². The minimum Gasteiger partial charge on any atom is -0.483 e. The number of nitrogens with zero attached hydrogens (tertiary/aromatic N) is 1. The Bertz CT molecular complexity index is 919. The van der Waals surface area contributed by atoms with Crippen LogP contribution >= 0.6 is 15.9 Å². The summed E-state index contributed by atoms with van der Waals surface area (Å²) in [7, 11) is 0. The minimum atomic E-state index is -0.903. The van der Waals surface area contributed by atoms with Crippen molar-refractivity contribution in [2.45, 2.75) is 6.92 Å². The van der Waals surface area contributed by atoms with Gasteiger partial charge < -0.3 is 15.4 Å². The monoisotopic (exact) mass is 464 g/mol. The Balaban J connectivity index is 1.97. The van der Waals surface area contributed by atoms with Gasteiger partial charge in [0, 0.05) is 22.3 Å². The topological polar surface area (TPSA) is 109 Å². The normalized spacial score (nSPS) is 10.4. The second-order valence-corrected chi connectivity index (χ2v) is 6.50. The van der Waals surface area contributed by atoms with E-state index in [1.807, 2.05) is 0 Å². The van der Waals surface area contributed by atoms with Crippen molar-refractivity contribution in [3.05, 3.63) is 58.3 Å². The predicted octanol–water partition coefficient (Wildman–Crippen LogP) is 2.19. The number of hydrogen-bond donors (Lipinski definition) is 3. The molecule has 0 saturated carbocycles. The molecule has 0 radical (unpaired) electrons. The number of amides is 3. The van der Waals surface area contributed by atoms with E-state index in [0.29, 0.717) is 23.5 Å². The lowest BCUT2D eigenvalue weighted by atomic mass is 10.2. The van der Waals surface area contributed by atoms with E-state index in [4.69, 9.17) is 4.74 Å². The average Bonchev–Trinajstić information content (AvgIpc) is 2.69. The van der Waals surface area contributed by atoms with E-state index in [0.717, 1.165) is 4.47 Å². The molecule has 8 nitrogen and oxygen atoms in total. The molecule has 0 bridgehead atoms. The van der Waals surface area contributed by atoms with Crippen LogP contribution in [-0.2, 0) is 14.4 Å². The van der Waals surface area contributed by atoms with Crippen LogP contribution in [0.4, 0.5) is 10.1 Å². The van der Waals surface area contributed by atoms with Crippen molar-refractivity contribution in [3.8, 4) is 5.75 Å². The van der Waals surface area contributed by atoms with E-state index in [9.17, 15) is 18.8 Å². The summed E-state index contributed by atoms with van der Waals surface area (Å²) in [6.07, 6.45) is 1.29. The van der Waals surface area contributed by atoms with Crippen molar-refractivity contribution in [1.29, 1.82) is 0 Å². The second-order valence-electron chi connectivity index (χ2n) is 5.58. The molecule has 2 aromatic carbocycles. The highest BCUT2D eigenvalue weighted by molar-refractivity contribution is 9.10. The highest BCUT2D eigenvalue weighted by Gasteiger charge is 2.11. The van der Waals surface area contributed by atoms with Gasteiger partial charge in [-0.05, 0) is 49.4 Å². The Kier molecular flexibility index (Phi) is 8.28. The van der Waals surface area contributed by atoms with Gasteiger partial charge in [0.2, 0.25) is 0 Å². The maximum Gasteiger partial charge on any atom is 0.329 e. The summed E-state index contributed by atoms with van der Waals surface area (Å²) >= 11 is 3.31. The number of ether oxygens (including phenoxy) is 1. The van der Waals surface area contributed by atoms with E-state index in [2.05, 4.69) is 37.1 Å². The van der Waals surface area contributed by atoms with E-state index in [1.165, 1.54) is 30.5 Å². The molecule has 3 N–H and O–H groups in total. The number of nitrogens with one attached hydrogen (secondary N) is 3. The van der Waals surface area contributed by atoms with Crippen LogP contribution in [0.5, 0.6) is 5.75 Å². The van der Waals surface area contributed by atoms with Crippen LogP contribution in [-0.4, -0.2) is 37.1 Å². The van der Waals surface area contributed by atoms with Crippen LogP contribution in [0.15, 0.2) is 52.0 Å². The van der Waals surface area contributed by atoms with Gasteiger partial charge in [-0.3, -0.25) is 14.4 Å². The number of benzene rings is 2. The standard InChI is InChI=1S/C19H18BrFN4O4/c1-2-22-18(27)19(28)25-23-10-12-9-13(20)3-8-16(12)29-11-17(26)24-15-6-4-14(21)5-7-15/h3-10H,2,11H2,1H3,(H,22,27)(H,24,26)(H,25,28)/b23-10-. The first-order valence-electron chi connectivity index (χ1n) is 8.48. The van der Waals surface area contributed by atoms with Crippen molar-refractivity contribution in [1.82, 2.24) is 10.7 Å². The molecule has 0 heterocycles. The molecule has 0 atom stereocenters. The molecule has 0 unspecified atom stereocenters. The van der Waals surface area contributed by atoms with Crippen molar-refractivity contribution in [2.24, 2.45) is 5.10 Å². The molecule has 29 heavy (non-hydrogen) atoms. The number of carbonyl (C=O) groups excluding carboxylic acids is 3. The van der Waals surface area contributed by atoms with E-state index in [1.54, 1.807) is 25.1 Å². The zero-order valence-electron chi connectivity index (χ0n) is 15.4. The first kappa shape index (κ1) is 22.0. The summed E-state index contributed by atoms with van der Waals surface area (Å²) in [5.74, 6) is -2.21. The van der Waals surface area contributed by atoms with Gasteiger partial charge in [0.25, 0.3) is 5.91 Å². The SMILES string of the molecule is CCNC(=O)C(=O)N/N=C\c1cc(Br)ccc1OCC(=O)Nc1ccc(F)cc1. The molecule has 10 heteroatoms. The third-order valence-corrected chi connectivity index (χ3v) is 3.87. The van der Waals surface area contributed by atoms with Crippen molar-refractivity contribution in [2.75, 3.05) is 18.5 Å². The molecule has 152 valence electrons. The van der Waals surface area contributed by atoms with Crippen LogP contribution in [0.25, 0.3) is 0 Å². The number of rotatable bonds is 7. The highest BCUT2D eigenvalue weighted by atomic mass is 79.9. The van der Waals surface area contributed by atoms with Crippen molar-refractivity contribution >= 4 is 45.6 Å². The third kappa shape index (κ3) is 7.34. The highest BCUT2D eigenvalue weighted by Crippen LogP contribution is 2.22. The molecule has 0 spiro atoms. The Morgan fingerprint density at radius 3 is 2.55 bits per heavy atom. The minimum absolute atomic E-state index is 0.300. The largest absolute Gasteiger partial charge is 0.483 e. The lowest BCUT2D eigenvalue weighted by Gasteiger charge is -2.10. The third-order valence-electron chi connectivity index (χ3n) is 3.37. The van der Waals surface area contributed by atoms with Crippen LogP contribution in [0.3, 0.4) is 0 Å². The van der Waals surface area contributed by atoms with Gasteiger partial charge in [-0.1, -0.05) is 15.9 Å². The van der Waals surface area contributed by atoms with Gasteiger partial charge >= 0.3 is 11.8 Å². The zero-order chi connectivity index (χ0) is 21.2. The number of anilines is 1. The van der Waals surface area contributed by atoms with Gasteiger partial charge in [-0.15, -0.1) is 0 Å². The Morgan fingerprint density at radius 1 is 1.14 bits per heavy atom. The zero-order valence-corrected chi connectivity index (χ0v) is 17.0. The Labute approximate surface area is 174 Å². The van der Waals surface area contributed by atoms with Gasteiger partial charge in [0.1, 0.15) is 11.6 Å². The number of carbonyl (C=O) groups is 3. The second kappa shape index (κ2) is 10.9. The average molecular weight is 465 g/mol. The molecule has 0 aromatic heterocycles. The maximum atomic E-state index is 12.9. The molecule has 2 rings (SSSR count). The quantitative estimate of drug-likeness (QED) is 0.331. The number of halogens is 2. The van der Waals surface area contributed by atoms with Crippen LogP contribution < -0.4 is 20.8 Å². The summed E-state index contributed by atoms with van der Waals surface area (Å²) in [5.41, 5.74) is 3.00. The van der Waals surface area contributed by atoms with Gasteiger partial charge in [0.15, 0.2) is 6.61 Å². The molecular weight excluding hydrogens is 447 g/mol. The summed E-state index contributed by atoms with van der Waals surface area (Å²) in [5, 5.41) is 8.65. The molecule has 0 fully saturated rings. The Morgan fingerprint density at radius 2 is 1.86 bits per heavy atom. The van der Waals surface area contributed by atoms with E-state index in [-0.39, 0.29) is 6.61 Å². The summed E-state index contributed by atoms with van der Waals surface area (Å²) < 4.78 is 19.1. The number of hydrogen-bond acceptors (Lipinski definition) is 5. The summed E-state index contributed by atoms with van der Waals surface area (Å²) in [6.45, 7) is 1.70. The smallest absolute Gasteiger partial charge is 0.329 e. The summed E-state index contributed by atoms with van der Waals surface area (Å²) in [4.78, 5) is 34.9. The molecule has 0 aliphatic heterocycles. The maximum absolute atomic E-state index is 12.9.